The zero-order valence-corrected chi connectivity index (χ0v) is 33.9. The highest BCUT2D eigenvalue weighted by Gasteiger charge is 2.42. The SMILES string of the molecule is CCCc1nc(C(C)(C)O)c(C(=O)OC[C@@H]2OC(=O)O[C@@H]2C)n1Cc1ccc(-c2ccccc2-c2nnnn2C(c2ccccc2)(c2ccccc2)c2ccccc2)cc1. The minimum Gasteiger partial charge on any atom is -0.457 e. The minimum atomic E-state index is -1.44. The Morgan fingerprint density at radius 1 is 0.783 bits per heavy atom. The highest BCUT2D eigenvalue weighted by atomic mass is 16.8. The van der Waals surface area contributed by atoms with Gasteiger partial charge in [0.15, 0.2) is 17.6 Å². The van der Waals surface area contributed by atoms with Crippen molar-refractivity contribution < 1.29 is 28.9 Å². The summed E-state index contributed by atoms with van der Waals surface area (Å²) in [5.74, 6) is 0.549. The van der Waals surface area contributed by atoms with Crippen LogP contribution in [0.1, 0.15) is 78.4 Å². The lowest BCUT2D eigenvalue weighted by molar-refractivity contribution is 0.0219. The normalized spacial score (nSPS) is 15.4. The molecule has 7 aromatic rings. The second kappa shape index (κ2) is 16.7. The molecule has 1 N–H and O–H groups in total. The summed E-state index contributed by atoms with van der Waals surface area (Å²) in [6.07, 6.45) is -0.794. The number of esters is 1. The van der Waals surface area contributed by atoms with Crippen molar-refractivity contribution in [1.29, 1.82) is 0 Å². The van der Waals surface area contributed by atoms with Gasteiger partial charge in [0, 0.05) is 18.5 Å². The average Bonchev–Trinajstić information content (AvgIpc) is 3.99. The number of aromatic nitrogens is 6. The Bertz CT molecular complexity index is 2490. The number of aliphatic hydroxyl groups is 1. The molecule has 60 heavy (non-hydrogen) atoms. The number of tetrazole rings is 1. The van der Waals surface area contributed by atoms with Gasteiger partial charge in [-0.2, -0.15) is 0 Å². The molecule has 0 saturated carbocycles. The third kappa shape index (κ3) is 7.57. The van der Waals surface area contributed by atoms with Crippen molar-refractivity contribution in [1.82, 2.24) is 29.8 Å². The van der Waals surface area contributed by atoms with Gasteiger partial charge in [-0.15, -0.1) is 5.10 Å². The van der Waals surface area contributed by atoms with Gasteiger partial charge < -0.3 is 23.9 Å². The molecule has 2 aromatic heterocycles. The number of ether oxygens (including phenoxy) is 3. The fraction of sp³-hybridized carbons (Fsp3) is 0.250. The lowest BCUT2D eigenvalue weighted by Gasteiger charge is -2.36. The van der Waals surface area contributed by atoms with E-state index in [4.69, 9.17) is 29.5 Å². The topological polar surface area (TPSA) is 143 Å². The molecule has 0 aliphatic carbocycles. The zero-order valence-electron chi connectivity index (χ0n) is 33.9. The first-order valence-electron chi connectivity index (χ1n) is 20.1. The van der Waals surface area contributed by atoms with E-state index in [1.165, 1.54) is 0 Å². The Kier molecular flexibility index (Phi) is 11.1. The maximum absolute atomic E-state index is 13.9. The van der Waals surface area contributed by atoms with E-state index in [1.54, 1.807) is 20.8 Å². The van der Waals surface area contributed by atoms with Gasteiger partial charge in [0.25, 0.3) is 0 Å². The Hall–Kier alpha value is -6.92. The molecule has 5 aromatic carbocycles. The van der Waals surface area contributed by atoms with Gasteiger partial charge in [-0.1, -0.05) is 146 Å². The van der Waals surface area contributed by atoms with Crippen LogP contribution in [0.4, 0.5) is 4.79 Å². The molecule has 12 heteroatoms. The van der Waals surface area contributed by atoms with Crippen LogP contribution < -0.4 is 0 Å². The summed E-state index contributed by atoms with van der Waals surface area (Å²) < 4.78 is 19.7. The number of aryl methyl sites for hydroxylation is 1. The van der Waals surface area contributed by atoms with Gasteiger partial charge in [-0.05, 0) is 71.0 Å². The fourth-order valence-electron chi connectivity index (χ4n) is 7.98. The van der Waals surface area contributed by atoms with Crippen LogP contribution >= 0.6 is 0 Å². The van der Waals surface area contributed by atoms with E-state index in [9.17, 15) is 14.7 Å². The number of benzene rings is 5. The standard InChI is InChI=1S/C48H46N6O6/c1-5-17-41-49-43(47(3,4)57)42(45(55)58-31-40-32(2)59-46(56)60-40)53(41)30-33-26-28-34(29-27-33)38-24-15-16-25-39(38)44-50-51-52-54(44)48(35-18-9-6-10-19-35,36-20-11-7-12-21-36)37-22-13-8-14-23-37/h6-16,18-29,32,40,57H,5,17,30-31H2,1-4H3/t32-,40+/m1/s1. The second-order valence-corrected chi connectivity index (χ2v) is 15.4. The fourth-order valence-corrected chi connectivity index (χ4v) is 7.98. The van der Waals surface area contributed by atoms with Crippen LogP contribution in [0, 0.1) is 0 Å². The van der Waals surface area contributed by atoms with Crippen molar-refractivity contribution in [2.24, 2.45) is 0 Å². The molecule has 8 rings (SSSR count). The summed E-state index contributed by atoms with van der Waals surface area (Å²) in [4.78, 5) is 30.3. The van der Waals surface area contributed by atoms with E-state index in [0.29, 0.717) is 18.1 Å². The Labute approximate surface area is 348 Å². The first kappa shape index (κ1) is 39.9. The lowest BCUT2D eigenvalue weighted by Crippen LogP contribution is -2.39. The van der Waals surface area contributed by atoms with Crippen LogP contribution in [0.3, 0.4) is 0 Å². The van der Waals surface area contributed by atoms with Crippen LogP contribution in [0.25, 0.3) is 22.5 Å². The minimum absolute atomic E-state index is 0.142. The molecule has 0 radical (unpaired) electrons. The molecular formula is C48H46N6O6. The van der Waals surface area contributed by atoms with Crippen molar-refractivity contribution in [2.45, 2.75) is 70.4 Å². The Morgan fingerprint density at radius 3 is 1.88 bits per heavy atom. The Balaban J connectivity index is 1.17. The van der Waals surface area contributed by atoms with Crippen molar-refractivity contribution in [2.75, 3.05) is 6.61 Å². The molecule has 0 unspecified atom stereocenters. The maximum Gasteiger partial charge on any atom is 0.509 e. The summed E-state index contributed by atoms with van der Waals surface area (Å²) >= 11 is 0. The molecule has 0 bridgehead atoms. The Morgan fingerprint density at radius 2 is 1.35 bits per heavy atom. The van der Waals surface area contributed by atoms with Gasteiger partial charge >= 0.3 is 12.1 Å². The average molecular weight is 803 g/mol. The summed E-state index contributed by atoms with van der Waals surface area (Å²) in [5, 5.41) is 25.0. The maximum atomic E-state index is 13.9. The molecule has 3 heterocycles. The van der Waals surface area contributed by atoms with Gasteiger partial charge in [-0.3, -0.25) is 0 Å². The molecule has 1 aliphatic heterocycles. The number of carbonyl (C=O) groups excluding carboxylic acids is 2. The molecule has 304 valence electrons. The van der Waals surface area contributed by atoms with Crippen molar-refractivity contribution in [3.05, 3.63) is 179 Å². The first-order chi connectivity index (χ1) is 29.1. The number of hydrogen-bond donors (Lipinski definition) is 1. The largest absolute Gasteiger partial charge is 0.509 e. The number of imidazole rings is 1. The molecule has 1 fully saturated rings. The molecule has 1 saturated heterocycles. The molecule has 2 atom stereocenters. The quantitative estimate of drug-likeness (QED) is 0.0842. The monoisotopic (exact) mass is 802 g/mol. The van der Waals surface area contributed by atoms with E-state index in [2.05, 4.69) is 47.7 Å². The number of nitrogens with zero attached hydrogens (tertiary/aromatic N) is 6. The van der Waals surface area contributed by atoms with E-state index in [-0.39, 0.29) is 24.5 Å². The highest BCUT2D eigenvalue weighted by molar-refractivity contribution is 5.89. The van der Waals surface area contributed by atoms with Crippen LogP contribution in [-0.2, 0) is 38.3 Å². The number of carbonyl (C=O) groups is 2. The van der Waals surface area contributed by atoms with Crippen LogP contribution in [0.15, 0.2) is 140 Å². The van der Waals surface area contributed by atoms with Crippen molar-refractivity contribution in [3.63, 3.8) is 0 Å². The predicted molar refractivity (Wildman–Crippen MR) is 225 cm³/mol. The number of hydrogen-bond acceptors (Lipinski definition) is 10. The lowest BCUT2D eigenvalue weighted by atomic mass is 9.77. The van der Waals surface area contributed by atoms with Gasteiger partial charge in [0.05, 0.1) is 0 Å². The van der Waals surface area contributed by atoms with Crippen LogP contribution in [0.2, 0.25) is 0 Å². The number of rotatable bonds is 14. The second-order valence-electron chi connectivity index (χ2n) is 15.4. The summed E-state index contributed by atoms with van der Waals surface area (Å²) in [5.41, 5.74) is 4.60. The number of cyclic esters (lactones) is 2. The van der Waals surface area contributed by atoms with Crippen molar-refractivity contribution in [3.8, 4) is 22.5 Å². The predicted octanol–water partition coefficient (Wildman–Crippen LogP) is 8.35. The third-order valence-electron chi connectivity index (χ3n) is 10.9. The zero-order chi connectivity index (χ0) is 41.9. The molecule has 12 nitrogen and oxygen atoms in total. The van der Waals surface area contributed by atoms with E-state index >= 15 is 0 Å². The third-order valence-corrected chi connectivity index (χ3v) is 10.9. The van der Waals surface area contributed by atoms with Crippen molar-refractivity contribution >= 4 is 12.1 Å². The molecule has 0 amide bonds. The molecule has 0 spiro atoms. The summed E-state index contributed by atoms with van der Waals surface area (Å²) in [6.45, 7) is 6.97. The molecular weight excluding hydrogens is 757 g/mol. The van der Waals surface area contributed by atoms with Crippen LogP contribution in [0.5, 0.6) is 0 Å². The van der Waals surface area contributed by atoms with E-state index in [0.717, 1.165) is 45.4 Å². The smallest absolute Gasteiger partial charge is 0.457 e. The van der Waals surface area contributed by atoms with Gasteiger partial charge in [-0.25, -0.2) is 19.3 Å². The van der Waals surface area contributed by atoms with Gasteiger partial charge in [0.1, 0.15) is 35.4 Å². The summed E-state index contributed by atoms with van der Waals surface area (Å²) in [7, 11) is 0. The highest BCUT2D eigenvalue weighted by Crippen LogP contribution is 2.43. The summed E-state index contributed by atoms with van der Waals surface area (Å²) in [6, 6.07) is 47.1. The van der Waals surface area contributed by atoms with E-state index in [1.807, 2.05) is 113 Å². The first-order valence-corrected chi connectivity index (χ1v) is 20.1. The van der Waals surface area contributed by atoms with Crippen LogP contribution in [-0.4, -0.2) is 65.8 Å². The van der Waals surface area contributed by atoms with Gasteiger partial charge in [0.2, 0.25) is 0 Å². The van der Waals surface area contributed by atoms with E-state index < -0.39 is 35.5 Å². The molecule has 1 aliphatic rings.